The minimum absolute atomic E-state index is 0.122. The lowest BCUT2D eigenvalue weighted by molar-refractivity contribution is -0.147. The summed E-state index contributed by atoms with van der Waals surface area (Å²) in [6, 6.07) is 9.79. The van der Waals surface area contributed by atoms with Gasteiger partial charge >= 0.3 is 12.1 Å². The molecule has 0 bridgehead atoms. The molecule has 1 saturated carbocycles. The van der Waals surface area contributed by atoms with Crippen LogP contribution in [-0.4, -0.2) is 36.4 Å². The van der Waals surface area contributed by atoms with E-state index in [0.29, 0.717) is 19.6 Å². The summed E-state index contributed by atoms with van der Waals surface area (Å²) in [5.74, 6) is -0.558. The van der Waals surface area contributed by atoms with Crippen molar-refractivity contribution < 1.29 is 23.8 Å². The summed E-state index contributed by atoms with van der Waals surface area (Å²) >= 11 is 0. The third-order valence-corrected chi connectivity index (χ3v) is 3.90. The molecule has 2 atom stereocenters. The summed E-state index contributed by atoms with van der Waals surface area (Å²) in [6.45, 7) is 8.15. The monoisotopic (exact) mass is 349 g/mol. The number of amides is 1. The van der Waals surface area contributed by atoms with Crippen molar-refractivity contribution in [1.82, 2.24) is 5.32 Å². The highest BCUT2D eigenvalue weighted by molar-refractivity contribution is 5.89. The van der Waals surface area contributed by atoms with Crippen molar-refractivity contribution in [3.05, 3.63) is 35.9 Å². The molecule has 0 saturated heterocycles. The minimum atomic E-state index is -1.05. The molecule has 0 radical (unpaired) electrons. The molecule has 1 aromatic carbocycles. The van der Waals surface area contributed by atoms with Crippen molar-refractivity contribution in [3.8, 4) is 0 Å². The smallest absolute Gasteiger partial charge is 0.408 e. The molecule has 0 spiro atoms. The molecule has 1 amide bonds. The average molecular weight is 349 g/mol. The van der Waals surface area contributed by atoms with E-state index in [1.807, 2.05) is 30.3 Å². The van der Waals surface area contributed by atoms with Crippen LogP contribution in [0.15, 0.2) is 30.3 Å². The van der Waals surface area contributed by atoms with Crippen LogP contribution in [0.3, 0.4) is 0 Å². The molecule has 1 fully saturated rings. The SMILES string of the molecule is CCOC(=O)[C@@]1(NC(=O)OC(C)(C)C)C[C@H]1COCc1ccccc1. The van der Waals surface area contributed by atoms with E-state index in [0.717, 1.165) is 5.56 Å². The zero-order chi connectivity index (χ0) is 18.5. The highest BCUT2D eigenvalue weighted by Crippen LogP contribution is 2.45. The summed E-state index contributed by atoms with van der Waals surface area (Å²) in [5, 5.41) is 2.69. The van der Waals surface area contributed by atoms with E-state index in [2.05, 4.69) is 5.32 Å². The van der Waals surface area contributed by atoms with Crippen LogP contribution < -0.4 is 5.32 Å². The van der Waals surface area contributed by atoms with Gasteiger partial charge in [-0.3, -0.25) is 0 Å². The molecule has 25 heavy (non-hydrogen) atoms. The second-order valence-corrected chi connectivity index (χ2v) is 7.22. The van der Waals surface area contributed by atoms with Crippen molar-refractivity contribution in [2.24, 2.45) is 5.92 Å². The molecule has 1 aliphatic rings. The number of hydrogen-bond donors (Lipinski definition) is 1. The van der Waals surface area contributed by atoms with E-state index in [1.54, 1.807) is 27.7 Å². The fourth-order valence-electron chi connectivity index (χ4n) is 2.62. The molecule has 2 rings (SSSR count). The normalized spacial score (nSPS) is 22.2. The van der Waals surface area contributed by atoms with Gasteiger partial charge in [-0.1, -0.05) is 30.3 Å². The van der Waals surface area contributed by atoms with Gasteiger partial charge in [0.1, 0.15) is 11.1 Å². The van der Waals surface area contributed by atoms with Crippen molar-refractivity contribution in [2.75, 3.05) is 13.2 Å². The molecule has 1 aromatic rings. The number of hydrogen-bond acceptors (Lipinski definition) is 5. The maximum atomic E-state index is 12.3. The van der Waals surface area contributed by atoms with Crippen LogP contribution >= 0.6 is 0 Å². The zero-order valence-electron chi connectivity index (χ0n) is 15.3. The van der Waals surface area contributed by atoms with Crippen LogP contribution in [0.4, 0.5) is 4.79 Å². The fourth-order valence-corrected chi connectivity index (χ4v) is 2.62. The molecule has 6 nitrogen and oxygen atoms in total. The van der Waals surface area contributed by atoms with Gasteiger partial charge in [0.05, 0.1) is 19.8 Å². The molecule has 1 N–H and O–H groups in total. The fraction of sp³-hybridized carbons (Fsp3) is 0.579. The summed E-state index contributed by atoms with van der Waals surface area (Å²) < 4.78 is 16.1. The van der Waals surface area contributed by atoms with Crippen LogP contribution in [0.25, 0.3) is 0 Å². The molecule has 0 aliphatic heterocycles. The lowest BCUT2D eigenvalue weighted by Crippen LogP contribution is -2.48. The largest absolute Gasteiger partial charge is 0.464 e. The van der Waals surface area contributed by atoms with Crippen molar-refractivity contribution in [3.63, 3.8) is 0 Å². The third-order valence-electron chi connectivity index (χ3n) is 3.90. The van der Waals surface area contributed by atoms with Crippen molar-refractivity contribution in [1.29, 1.82) is 0 Å². The summed E-state index contributed by atoms with van der Waals surface area (Å²) in [7, 11) is 0. The molecular formula is C19H27NO5. The maximum Gasteiger partial charge on any atom is 0.408 e. The van der Waals surface area contributed by atoms with Gasteiger partial charge in [-0.25, -0.2) is 9.59 Å². The molecule has 0 aromatic heterocycles. The lowest BCUT2D eigenvalue weighted by atomic mass is 10.2. The summed E-state index contributed by atoms with van der Waals surface area (Å²) in [4.78, 5) is 24.4. The molecule has 1 aliphatic carbocycles. The number of ether oxygens (including phenoxy) is 3. The van der Waals surface area contributed by atoms with Gasteiger partial charge in [-0.2, -0.15) is 0 Å². The summed E-state index contributed by atoms with van der Waals surface area (Å²) in [5.41, 5.74) is -0.617. The number of rotatable bonds is 7. The predicted molar refractivity (Wildman–Crippen MR) is 92.9 cm³/mol. The van der Waals surface area contributed by atoms with Gasteiger partial charge in [0.25, 0.3) is 0 Å². The van der Waals surface area contributed by atoms with Crippen LogP contribution in [0.1, 0.15) is 39.7 Å². The number of benzene rings is 1. The van der Waals surface area contributed by atoms with E-state index in [4.69, 9.17) is 14.2 Å². The van der Waals surface area contributed by atoms with E-state index < -0.39 is 23.2 Å². The van der Waals surface area contributed by atoms with Gasteiger partial charge in [0.15, 0.2) is 0 Å². The Balaban J connectivity index is 1.92. The second kappa shape index (κ2) is 7.87. The van der Waals surface area contributed by atoms with Crippen LogP contribution in [-0.2, 0) is 25.6 Å². The van der Waals surface area contributed by atoms with E-state index >= 15 is 0 Å². The van der Waals surface area contributed by atoms with Crippen LogP contribution in [0, 0.1) is 5.92 Å². The van der Waals surface area contributed by atoms with Crippen molar-refractivity contribution >= 4 is 12.1 Å². The first-order valence-corrected chi connectivity index (χ1v) is 8.57. The third kappa shape index (κ3) is 5.46. The highest BCUT2D eigenvalue weighted by Gasteiger charge is 2.63. The van der Waals surface area contributed by atoms with E-state index in [-0.39, 0.29) is 12.5 Å². The second-order valence-electron chi connectivity index (χ2n) is 7.22. The zero-order valence-corrected chi connectivity index (χ0v) is 15.3. The van der Waals surface area contributed by atoms with Crippen molar-refractivity contribution in [2.45, 2.75) is 51.9 Å². The highest BCUT2D eigenvalue weighted by atomic mass is 16.6. The van der Waals surface area contributed by atoms with Gasteiger partial charge < -0.3 is 19.5 Å². The number of esters is 1. The lowest BCUT2D eigenvalue weighted by Gasteiger charge is -2.23. The molecule has 0 unspecified atom stereocenters. The first-order valence-electron chi connectivity index (χ1n) is 8.57. The molecule has 0 heterocycles. The van der Waals surface area contributed by atoms with Crippen LogP contribution in [0.2, 0.25) is 0 Å². The Kier molecular flexibility index (Phi) is 6.06. The first kappa shape index (κ1) is 19.2. The van der Waals surface area contributed by atoms with Gasteiger partial charge in [-0.15, -0.1) is 0 Å². The Morgan fingerprint density at radius 1 is 1.24 bits per heavy atom. The molecular weight excluding hydrogens is 322 g/mol. The Morgan fingerprint density at radius 3 is 2.52 bits per heavy atom. The van der Waals surface area contributed by atoms with Gasteiger partial charge in [0.2, 0.25) is 0 Å². The number of alkyl carbamates (subject to hydrolysis) is 1. The Hall–Kier alpha value is -2.08. The Bertz CT molecular complexity index is 596. The average Bonchev–Trinajstić information content (AvgIpc) is 3.20. The maximum absolute atomic E-state index is 12.3. The minimum Gasteiger partial charge on any atom is -0.464 e. The topological polar surface area (TPSA) is 73.9 Å². The first-order chi connectivity index (χ1) is 11.8. The number of nitrogens with one attached hydrogen (secondary N) is 1. The predicted octanol–water partition coefficient (Wildman–Crippen LogP) is 3.05. The Morgan fingerprint density at radius 2 is 1.92 bits per heavy atom. The quantitative estimate of drug-likeness (QED) is 0.766. The van der Waals surface area contributed by atoms with Crippen LogP contribution in [0.5, 0.6) is 0 Å². The standard InChI is InChI=1S/C19H27NO5/c1-5-24-16(21)19(20-17(22)25-18(2,3)4)11-15(19)13-23-12-14-9-7-6-8-10-14/h6-10,15H,5,11-13H2,1-4H3,(H,20,22)/t15-,19+/m0/s1. The van der Waals surface area contributed by atoms with E-state index in [1.165, 1.54) is 0 Å². The van der Waals surface area contributed by atoms with Gasteiger partial charge in [0, 0.05) is 5.92 Å². The van der Waals surface area contributed by atoms with E-state index in [9.17, 15) is 9.59 Å². The molecule has 138 valence electrons. The molecule has 6 heteroatoms. The number of carbonyl (C=O) groups excluding carboxylic acids is 2. The van der Waals surface area contributed by atoms with Gasteiger partial charge in [-0.05, 0) is 39.7 Å². The number of carbonyl (C=O) groups is 2. The summed E-state index contributed by atoms with van der Waals surface area (Å²) in [6.07, 6.45) is -0.133. The Labute approximate surface area is 148 Å².